The number of aryl methyl sites for hydroxylation is 1. The monoisotopic (exact) mass is 308 g/mol. The van der Waals surface area contributed by atoms with Gasteiger partial charge in [-0.05, 0) is 31.5 Å². The Labute approximate surface area is 129 Å². The Morgan fingerprint density at radius 2 is 2.24 bits per heavy atom. The molecule has 1 saturated heterocycles. The van der Waals surface area contributed by atoms with Crippen LogP contribution in [0.25, 0.3) is 10.9 Å². The van der Waals surface area contributed by atoms with Crippen molar-refractivity contribution in [1.82, 2.24) is 9.88 Å². The van der Waals surface area contributed by atoms with Crippen molar-refractivity contribution in [2.75, 3.05) is 19.7 Å². The SMILES string of the molecule is Cc1c(CN2CC[C@H](CO)[C@@H](O)C2)[nH]c2c(Cl)cccc12. The van der Waals surface area contributed by atoms with E-state index < -0.39 is 6.10 Å². The number of nitrogens with zero attached hydrogens (tertiary/aromatic N) is 1. The normalized spacial score (nSPS) is 23.8. The molecule has 5 heteroatoms. The van der Waals surface area contributed by atoms with Crippen LogP contribution in [0.5, 0.6) is 0 Å². The van der Waals surface area contributed by atoms with Gasteiger partial charge >= 0.3 is 0 Å². The molecule has 1 fully saturated rings. The summed E-state index contributed by atoms with van der Waals surface area (Å²) >= 11 is 6.23. The van der Waals surface area contributed by atoms with Gasteiger partial charge in [0.05, 0.1) is 16.6 Å². The number of fused-ring (bicyclic) bond motifs is 1. The predicted octanol–water partition coefficient (Wildman–Crippen LogP) is 2.30. The number of benzene rings is 1. The quantitative estimate of drug-likeness (QED) is 0.815. The van der Waals surface area contributed by atoms with E-state index in [1.807, 2.05) is 12.1 Å². The van der Waals surface area contributed by atoms with Gasteiger partial charge < -0.3 is 15.2 Å². The fraction of sp³-hybridized carbons (Fsp3) is 0.500. The highest BCUT2D eigenvalue weighted by atomic mass is 35.5. The second-order valence-corrected chi connectivity index (χ2v) is 6.33. The Balaban J connectivity index is 1.80. The molecule has 0 aliphatic carbocycles. The Kier molecular flexibility index (Phi) is 4.22. The van der Waals surface area contributed by atoms with Crippen molar-refractivity contribution in [3.63, 3.8) is 0 Å². The summed E-state index contributed by atoms with van der Waals surface area (Å²) in [5.74, 6) is 0.0134. The van der Waals surface area contributed by atoms with Gasteiger partial charge in [-0.3, -0.25) is 4.90 Å². The van der Waals surface area contributed by atoms with Crippen LogP contribution in [0.1, 0.15) is 17.7 Å². The number of aromatic nitrogens is 1. The lowest BCUT2D eigenvalue weighted by molar-refractivity contribution is -0.00478. The summed E-state index contributed by atoms with van der Waals surface area (Å²) in [6.07, 6.45) is 0.384. The van der Waals surface area contributed by atoms with E-state index in [0.29, 0.717) is 6.54 Å². The van der Waals surface area contributed by atoms with E-state index in [4.69, 9.17) is 11.6 Å². The Hall–Kier alpha value is -1.07. The molecular weight excluding hydrogens is 288 g/mol. The molecule has 1 aliphatic heterocycles. The number of likely N-dealkylation sites (tertiary alicyclic amines) is 1. The van der Waals surface area contributed by atoms with Gasteiger partial charge in [0.2, 0.25) is 0 Å². The molecular formula is C16H21ClN2O2. The molecule has 2 atom stereocenters. The zero-order chi connectivity index (χ0) is 15.0. The highest BCUT2D eigenvalue weighted by Gasteiger charge is 2.27. The van der Waals surface area contributed by atoms with Gasteiger partial charge in [0.1, 0.15) is 0 Å². The van der Waals surface area contributed by atoms with Crippen LogP contribution in [-0.4, -0.2) is 45.9 Å². The number of halogens is 1. The Bertz CT molecular complexity index is 640. The van der Waals surface area contributed by atoms with Crippen molar-refractivity contribution in [2.24, 2.45) is 5.92 Å². The van der Waals surface area contributed by atoms with Crippen LogP contribution in [0.15, 0.2) is 18.2 Å². The molecule has 0 radical (unpaired) electrons. The lowest BCUT2D eigenvalue weighted by Gasteiger charge is -2.34. The van der Waals surface area contributed by atoms with E-state index in [9.17, 15) is 10.2 Å². The average molecular weight is 309 g/mol. The zero-order valence-corrected chi connectivity index (χ0v) is 12.9. The second-order valence-electron chi connectivity index (χ2n) is 5.92. The van der Waals surface area contributed by atoms with Gasteiger partial charge in [0.25, 0.3) is 0 Å². The van der Waals surface area contributed by atoms with Crippen molar-refractivity contribution in [3.05, 3.63) is 34.5 Å². The van der Waals surface area contributed by atoms with Crippen LogP contribution in [0, 0.1) is 12.8 Å². The largest absolute Gasteiger partial charge is 0.396 e. The highest BCUT2D eigenvalue weighted by molar-refractivity contribution is 6.35. The minimum absolute atomic E-state index is 0.0134. The number of aliphatic hydroxyl groups is 2. The molecule has 1 aliphatic rings. The van der Waals surface area contributed by atoms with Crippen LogP contribution in [-0.2, 0) is 6.54 Å². The minimum atomic E-state index is -0.447. The molecule has 0 saturated carbocycles. The summed E-state index contributed by atoms with van der Waals surface area (Å²) < 4.78 is 0. The van der Waals surface area contributed by atoms with E-state index in [-0.39, 0.29) is 12.5 Å². The van der Waals surface area contributed by atoms with Gasteiger partial charge in [0.15, 0.2) is 0 Å². The second kappa shape index (κ2) is 5.97. The number of aliphatic hydroxyl groups excluding tert-OH is 2. The van der Waals surface area contributed by atoms with Crippen molar-refractivity contribution < 1.29 is 10.2 Å². The van der Waals surface area contributed by atoms with E-state index >= 15 is 0 Å². The molecule has 1 aromatic carbocycles. The number of hydrogen-bond donors (Lipinski definition) is 3. The first-order valence-electron chi connectivity index (χ1n) is 7.37. The average Bonchev–Trinajstić information content (AvgIpc) is 2.78. The summed E-state index contributed by atoms with van der Waals surface area (Å²) in [5.41, 5.74) is 3.34. The lowest BCUT2D eigenvalue weighted by atomic mass is 9.94. The van der Waals surface area contributed by atoms with Crippen molar-refractivity contribution in [1.29, 1.82) is 0 Å². The standard InChI is InChI=1S/C16H21ClN2O2/c1-10-12-3-2-4-13(17)16(12)18-14(10)7-19-6-5-11(9-20)15(21)8-19/h2-4,11,15,18,20-21H,5-9H2,1H3/t11-,15+/m1/s1. The van der Waals surface area contributed by atoms with Crippen LogP contribution in [0.3, 0.4) is 0 Å². The summed E-state index contributed by atoms with van der Waals surface area (Å²) in [6.45, 7) is 4.43. The van der Waals surface area contributed by atoms with Gasteiger partial charge in [-0.2, -0.15) is 0 Å². The maximum absolute atomic E-state index is 10.0. The molecule has 0 unspecified atom stereocenters. The molecule has 2 aromatic rings. The van der Waals surface area contributed by atoms with Crippen LogP contribution < -0.4 is 0 Å². The first kappa shape index (κ1) is 14.9. The van der Waals surface area contributed by atoms with Gasteiger partial charge in [-0.25, -0.2) is 0 Å². The first-order chi connectivity index (χ1) is 10.1. The van der Waals surface area contributed by atoms with Crippen molar-refractivity contribution >= 4 is 22.5 Å². The zero-order valence-electron chi connectivity index (χ0n) is 12.1. The molecule has 0 spiro atoms. The smallest absolute Gasteiger partial charge is 0.0717 e. The van der Waals surface area contributed by atoms with Crippen LogP contribution in [0.2, 0.25) is 5.02 Å². The first-order valence-corrected chi connectivity index (χ1v) is 7.75. The lowest BCUT2D eigenvalue weighted by Crippen LogP contribution is -2.44. The molecule has 3 rings (SSSR count). The fourth-order valence-electron chi connectivity index (χ4n) is 3.15. The number of β-amino-alcohol motifs (C(OH)–C–C–N with tert-alkyl or cyclic N) is 1. The summed E-state index contributed by atoms with van der Waals surface area (Å²) in [5, 5.41) is 21.1. The molecule has 21 heavy (non-hydrogen) atoms. The van der Waals surface area contributed by atoms with E-state index in [1.165, 1.54) is 5.56 Å². The summed E-state index contributed by atoms with van der Waals surface area (Å²) in [7, 11) is 0. The Morgan fingerprint density at radius 1 is 1.43 bits per heavy atom. The summed E-state index contributed by atoms with van der Waals surface area (Å²) in [6, 6.07) is 5.93. The molecule has 1 aromatic heterocycles. The van der Waals surface area contributed by atoms with Crippen molar-refractivity contribution in [2.45, 2.75) is 26.0 Å². The minimum Gasteiger partial charge on any atom is -0.396 e. The highest BCUT2D eigenvalue weighted by Crippen LogP contribution is 2.29. The predicted molar refractivity (Wildman–Crippen MR) is 84.5 cm³/mol. The molecule has 3 N–H and O–H groups in total. The van der Waals surface area contributed by atoms with Crippen LogP contribution in [0.4, 0.5) is 0 Å². The molecule has 0 amide bonds. The van der Waals surface area contributed by atoms with Crippen molar-refractivity contribution in [3.8, 4) is 0 Å². The van der Waals surface area contributed by atoms with Gasteiger partial charge in [-0.15, -0.1) is 0 Å². The maximum atomic E-state index is 10.0. The number of H-pyrrole nitrogens is 1. The third-order valence-corrected chi connectivity index (χ3v) is 4.88. The number of aromatic amines is 1. The molecule has 114 valence electrons. The Morgan fingerprint density at radius 3 is 2.90 bits per heavy atom. The number of hydrogen-bond acceptors (Lipinski definition) is 3. The third-order valence-electron chi connectivity index (χ3n) is 4.57. The summed E-state index contributed by atoms with van der Waals surface area (Å²) in [4.78, 5) is 5.64. The molecule has 2 heterocycles. The molecule has 0 bridgehead atoms. The van der Waals surface area contributed by atoms with E-state index in [2.05, 4.69) is 22.9 Å². The number of nitrogens with one attached hydrogen (secondary N) is 1. The van der Waals surface area contributed by atoms with Gasteiger partial charge in [-0.1, -0.05) is 23.7 Å². The number of piperidine rings is 1. The fourth-order valence-corrected chi connectivity index (χ4v) is 3.38. The molecule has 4 nitrogen and oxygen atoms in total. The van der Waals surface area contributed by atoms with E-state index in [0.717, 1.165) is 41.1 Å². The number of para-hydroxylation sites is 1. The maximum Gasteiger partial charge on any atom is 0.0717 e. The third kappa shape index (κ3) is 2.81. The van der Waals surface area contributed by atoms with Gasteiger partial charge in [0, 0.05) is 36.7 Å². The van der Waals surface area contributed by atoms with E-state index in [1.54, 1.807) is 0 Å². The topological polar surface area (TPSA) is 59.5 Å². The number of rotatable bonds is 3. The van der Waals surface area contributed by atoms with Crippen LogP contribution >= 0.6 is 11.6 Å².